The maximum atomic E-state index is 14.2. The van der Waals surface area contributed by atoms with E-state index in [0.717, 1.165) is 16.8 Å². The fourth-order valence-electron chi connectivity index (χ4n) is 2.72. The zero-order valence-electron chi connectivity index (χ0n) is 12.0. The van der Waals surface area contributed by atoms with Crippen molar-refractivity contribution in [2.45, 2.75) is 25.2 Å². The van der Waals surface area contributed by atoms with Crippen LogP contribution in [0.15, 0.2) is 29.3 Å². The van der Waals surface area contributed by atoms with Gasteiger partial charge in [0, 0.05) is 5.56 Å². The molecule has 0 spiro atoms. The predicted octanol–water partition coefficient (Wildman–Crippen LogP) is 1.47. The van der Waals surface area contributed by atoms with Crippen molar-refractivity contribution in [3.8, 4) is 0 Å². The minimum Gasteiger partial charge on any atom is -0.386 e. The molecule has 2 radical (unpaired) electrons. The lowest BCUT2D eigenvalue weighted by atomic mass is 9.83. The van der Waals surface area contributed by atoms with E-state index in [1.807, 2.05) is 0 Å². The van der Waals surface area contributed by atoms with Crippen LogP contribution in [0.3, 0.4) is 0 Å². The van der Waals surface area contributed by atoms with Crippen molar-refractivity contribution in [2.75, 3.05) is 0 Å². The highest BCUT2D eigenvalue weighted by Gasteiger charge is 2.42. The van der Waals surface area contributed by atoms with Crippen molar-refractivity contribution < 1.29 is 17.6 Å². The Morgan fingerprint density at radius 1 is 1.30 bits per heavy atom. The van der Waals surface area contributed by atoms with E-state index >= 15 is 0 Å². The number of benzene rings is 1. The molecule has 118 valence electrons. The van der Waals surface area contributed by atoms with Gasteiger partial charge in [-0.3, -0.25) is 9.67 Å². The highest BCUT2D eigenvalue weighted by Crippen LogP contribution is 2.39. The number of hydrogen-bond donors (Lipinski definition) is 1. The first-order chi connectivity index (χ1) is 10.6. The first kappa shape index (κ1) is 15.6. The number of hydrogen-bond acceptors (Lipinski definition) is 3. The molecule has 1 aliphatic heterocycles. The standard InChI is InChI=1S/C14H11BF4N4/c1-13(8-4-7(15)2-3-9(8)16)11-5-10(14(17,18)19)22-23(11)6-12(20)21-13/h2-5H,6H2,1H3,(H2,20,21). The van der Waals surface area contributed by atoms with Gasteiger partial charge in [0.25, 0.3) is 0 Å². The maximum absolute atomic E-state index is 14.2. The molecule has 1 aliphatic rings. The summed E-state index contributed by atoms with van der Waals surface area (Å²) in [6.45, 7) is 1.38. The molecule has 2 aromatic rings. The molecule has 4 nitrogen and oxygen atoms in total. The Bertz CT molecular complexity index is 812. The van der Waals surface area contributed by atoms with Gasteiger partial charge in [-0.05, 0) is 19.1 Å². The molecular formula is C14H11BF4N4. The maximum Gasteiger partial charge on any atom is 0.435 e. The molecule has 0 amide bonds. The van der Waals surface area contributed by atoms with Gasteiger partial charge in [-0.1, -0.05) is 17.6 Å². The number of rotatable bonds is 1. The Morgan fingerprint density at radius 3 is 2.65 bits per heavy atom. The molecule has 0 aliphatic carbocycles. The molecule has 23 heavy (non-hydrogen) atoms. The van der Waals surface area contributed by atoms with Gasteiger partial charge in [0.15, 0.2) is 5.69 Å². The van der Waals surface area contributed by atoms with Crippen LogP contribution >= 0.6 is 0 Å². The van der Waals surface area contributed by atoms with Crippen molar-refractivity contribution in [2.24, 2.45) is 10.7 Å². The quantitative estimate of drug-likeness (QED) is 0.638. The smallest absolute Gasteiger partial charge is 0.386 e. The molecular weight excluding hydrogens is 311 g/mol. The van der Waals surface area contributed by atoms with Gasteiger partial charge in [0.1, 0.15) is 25.0 Å². The minimum atomic E-state index is -4.62. The van der Waals surface area contributed by atoms with E-state index in [9.17, 15) is 17.6 Å². The van der Waals surface area contributed by atoms with Crippen LogP contribution in [0.5, 0.6) is 0 Å². The van der Waals surface area contributed by atoms with Crippen LogP contribution in [0.4, 0.5) is 17.6 Å². The molecule has 0 saturated heterocycles. The SMILES string of the molecule is [B]c1ccc(F)c(C2(C)N=C(N)Cn3nc(C(F)(F)F)cc32)c1. The van der Waals surface area contributed by atoms with E-state index in [0.29, 0.717) is 0 Å². The van der Waals surface area contributed by atoms with Gasteiger partial charge in [-0.15, -0.1) is 0 Å². The topological polar surface area (TPSA) is 56.2 Å². The summed E-state index contributed by atoms with van der Waals surface area (Å²) in [5.41, 5.74) is 3.61. The third-order valence-electron chi connectivity index (χ3n) is 3.76. The summed E-state index contributed by atoms with van der Waals surface area (Å²) in [6.07, 6.45) is -4.62. The molecule has 3 rings (SSSR count). The summed E-state index contributed by atoms with van der Waals surface area (Å²) in [4.78, 5) is 4.19. The lowest BCUT2D eigenvalue weighted by Gasteiger charge is -2.31. The molecule has 1 aromatic carbocycles. The zero-order chi connectivity index (χ0) is 17.0. The van der Waals surface area contributed by atoms with Crippen molar-refractivity contribution in [3.63, 3.8) is 0 Å². The number of alkyl halides is 3. The monoisotopic (exact) mass is 322 g/mol. The van der Waals surface area contributed by atoms with Gasteiger partial charge in [0.2, 0.25) is 0 Å². The molecule has 1 aromatic heterocycles. The second-order valence-corrected chi connectivity index (χ2v) is 5.48. The predicted molar refractivity (Wildman–Crippen MR) is 77.1 cm³/mol. The first-order valence-corrected chi connectivity index (χ1v) is 6.66. The minimum absolute atomic E-state index is 0.0371. The Hall–Kier alpha value is -2.32. The Morgan fingerprint density at radius 2 is 2.00 bits per heavy atom. The summed E-state index contributed by atoms with van der Waals surface area (Å²) in [6, 6.07) is 4.69. The van der Waals surface area contributed by atoms with Crippen LogP contribution in [-0.2, 0) is 18.3 Å². The number of fused-ring (bicyclic) bond motifs is 1. The van der Waals surface area contributed by atoms with E-state index in [2.05, 4.69) is 10.1 Å². The average molecular weight is 322 g/mol. The summed E-state index contributed by atoms with van der Waals surface area (Å²) in [5.74, 6) is -0.583. The summed E-state index contributed by atoms with van der Waals surface area (Å²) >= 11 is 0. The molecule has 0 fully saturated rings. The number of halogens is 4. The number of amidine groups is 1. The summed E-state index contributed by atoms with van der Waals surface area (Å²) in [7, 11) is 5.67. The average Bonchev–Trinajstić information content (AvgIpc) is 2.86. The normalized spacial score (nSPS) is 21.0. The van der Waals surface area contributed by atoms with Gasteiger partial charge in [0.05, 0.1) is 12.2 Å². The molecule has 2 N–H and O–H groups in total. The van der Waals surface area contributed by atoms with E-state index in [1.165, 1.54) is 19.1 Å². The fourth-order valence-corrected chi connectivity index (χ4v) is 2.72. The van der Waals surface area contributed by atoms with Gasteiger partial charge >= 0.3 is 6.18 Å². The van der Waals surface area contributed by atoms with Crippen molar-refractivity contribution in [1.29, 1.82) is 0 Å². The molecule has 1 atom stereocenters. The molecule has 1 unspecified atom stereocenters. The second-order valence-electron chi connectivity index (χ2n) is 5.48. The Kier molecular flexibility index (Phi) is 3.28. The second kappa shape index (κ2) is 4.84. The van der Waals surface area contributed by atoms with E-state index in [1.54, 1.807) is 0 Å². The first-order valence-electron chi connectivity index (χ1n) is 6.66. The number of nitrogens with zero attached hydrogens (tertiary/aromatic N) is 3. The van der Waals surface area contributed by atoms with Crippen LogP contribution in [0, 0.1) is 5.82 Å². The van der Waals surface area contributed by atoms with E-state index in [4.69, 9.17) is 13.6 Å². The Labute approximate surface area is 130 Å². The van der Waals surface area contributed by atoms with Crippen LogP contribution < -0.4 is 11.2 Å². The molecule has 2 heterocycles. The van der Waals surface area contributed by atoms with Crippen LogP contribution in [-0.4, -0.2) is 23.5 Å². The third kappa shape index (κ3) is 2.49. The number of aromatic nitrogens is 2. The zero-order valence-corrected chi connectivity index (χ0v) is 12.0. The number of nitrogens with two attached hydrogens (primary N) is 1. The lowest BCUT2D eigenvalue weighted by molar-refractivity contribution is -0.141. The summed E-state index contributed by atoms with van der Waals surface area (Å²) in [5, 5.41) is 3.52. The molecule has 9 heteroatoms. The van der Waals surface area contributed by atoms with Crippen molar-refractivity contribution >= 4 is 19.1 Å². The van der Waals surface area contributed by atoms with Crippen molar-refractivity contribution in [1.82, 2.24) is 9.78 Å². The lowest BCUT2D eigenvalue weighted by Crippen LogP contribution is -2.37. The van der Waals surface area contributed by atoms with Crippen LogP contribution in [0.25, 0.3) is 0 Å². The van der Waals surface area contributed by atoms with Crippen LogP contribution in [0.1, 0.15) is 23.9 Å². The summed E-state index contributed by atoms with van der Waals surface area (Å²) < 4.78 is 54.1. The fraction of sp³-hybridized carbons (Fsp3) is 0.286. The van der Waals surface area contributed by atoms with Crippen molar-refractivity contribution in [3.05, 3.63) is 47.0 Å². The van der Waals surface area contributed by atoms with Crippen LogP contribution in [0.2, 0.25) is 0 Å². The largest absolute Gasteiger partial charge is 0.435 e. The van der Waals surface area contributed by atoms with Gasteiger partial charge in [-0.2, -0.15) is 18.3 Å². The third-order valence-corrected chi connectivity index (χ3v) is 3.76. The van der Waals surface area contributed by atoms with E-state index < -0.39 is 23.2 Å². The molecule has 0 saturated carbocycles. The highest BCUT2D eigenvalue weighted by atomic mass is 19.4. The van der Waals surface area contributed by atoms with Gasteiger partial charge in [-0.25, -0.2) is 4.39 Å². The van der Waals surface area contributed by atoms with Gasteiger partial charge < -0.3 is 5.73 Å². The Balaban J connectivity index is 2.25. The molecule has 0 bridgehead atoms. The van der Waals surface area contributed by atoms with E-state index in [-0.39, 0.29) is 29.1 Å². The highest BCUT2D eigenvalue weighted by molar-refractivity contribution is 6.32. The number of aliphatic imine (C=N–C) groups is 1.